The zero-order chi connectivity index (χ0) is 38.4. The van der Waals surface area contributed by atoms with Crippen molar-refractivity contribution < 1.29 is 28.9 Å². The Balaban J connectivity index is 1.06. The molecule has 3 amide bonds. The molecule has 3 aliphatic heterocycles. The van der Waals surface area contributed by atoms with E-state index in [1.54, 1.807) is 0 Å². The summed E-state index contributed by atoms with van der Waals surface area (Å²) in [7, 11) is 1.30. The molecule has 286 valence electrons. The number of methoxy groups -OCH3 is 1. The Morgan fingerprint density at radius 2 is 1.50 bits per heavy atom. The van der Waals surface area contributed by atoms with E-state index in [-0.39, 0.29) is 48.3 Å². The Labute approximate surface area is 316 Å². The minimum absolute atomic E-state index is 0.00479. The molecule has 0 aliphatic carbocycles. The molecule has 0 radical (unpaired) electrons. The summed E-state index contributed by atoms with van der Waals surface area (Å²) in [5.41, 5.74) is 7.25. The average Bonchev–Trinajstić information content (AvgIpc) is 4.02. The van der Waals surface area contributed by atoms with Gasteiger partial charge in [0.1, 0.15) is 18.5 Å². The first-order chi connectivity index (χ1) is 26.1. The molecule has 0 bridgehead atoms. The molecule has 0 unspecified atom stereocenters. The van der Waals surface area contributed by atoms with Gasteiger partial charge in [0.25, 0.3) is 0 Å². The summed E-state index contributed by atoms with van der Waals surface area (Å²) in [5.74, 6) is 0.257. The van der Waals surface area contributed by atoms with Gasteiger partial charge in [-0.3, -0.25) is 20.0 Å². The normalized spacial score (nSPS) is 19.5. The molecule has 13 nitrogen and oxygen atoms in total. The van der Waals surface area contributed by atoms with E-state index < -0.39 is 12.1 Å². The molecular formula is C41H51N7O6. The van der Waals surface area contributed by atoms with Crippen LogP contribution in [-0.4, -0.2) is 88.7 Å². The van der Waals surface area contributed by atoms with Gasteiger partial charge in [0, 0.05) is 31.4 Å². The first kappa shape index (κ1) is 38.4. The molecule has 54 heavy (non-hydrogen) atoms. The third-order valence-corrected chi connectivity index (χ3v) is 10.8. The summed E-state index contributed by atoms with van der Waals surface area (Å²) in [6.07, 6.45) is 7.98. The summed E-state index contributed by atoms with van der Waals surface area (Å²) in [5, 5.41) is 9.72. The van der Waals surface area contributed by atoms with E-state index >= 15 is 0 Å². The maximum Gasteiger partial charge on any atom is 0.407 e. The van der Waals surface area contributed by atoms with Crippen LogP contribution >= 0.6 is 0 Å². The van der Waals surface area contributed by atoms with E-state index in [4.69, 9.17) is 25.0 Å². The molecule has 0 saturated carbocycles. The Morgan fingerprint density at radius 3 is 2.11 bits per heavy atom. The number of rotatable bonds is 14. The van der Waals surface area contributed by atoms with Gasteiger partial charge in [-0.25, -0.2) is 9.78 Å². The van der Waals surface area contributed by atoms with E-state index in [1.807, 2.05) is 49.9 Å². The van der Waals surface area contributed by atoms with Crippen LogP contribution in [0.4, 0.5) is 4.79 Å². The number of aliphatic imine (C=N–C) groups is 1. The number of hydrogen-bond acceptors (Lipinski definition) is 9. The number of carbonyl (C=O) groups is 3. The van der Waals surface area contributed by atoms with Gasteiger partial charge in [-0.15, -0.1) is 0 Å². The van der Waals surface area contributed by atoms with E-state index in [0.29, 0.717) is 25.9 Å². The molecule has 3 N–H and O–H groups in total. The molecule has 13 heteroatoms. The lowest BCUT2D eigenvalue weighted by Crippen LogP contribution is -2.53. The van der Waals surface area contributed by atoms with E-state index in [9.17, 15) is 14.4 Å². The van der Waals surface area contributed by atoms with Crippen LogP contribution in [0.1, 0.15) is 77.2 Å². The lowest BCUT2D eigenvalue weighted by Gasteiger charge is -2.31. The lowest BCUT2D eigenvalue weighted by molar-refractivity contribution is -0.229. The van der Waals surface area contributed by atoms with Crippen molar-refractivity contribution in [2.75, 3.05) is 26.8 Å². The zero-order valence-corrected chi connectivity index (χ0v) is 31.7. The number of imidazole rings is 1. The van der Waals surface area contributed by atoms with Gasteiger partial charge < -0.3 is 29.7 Å². The summed E-state index contributed by atoms with van der Waals surface area (Å²) in [6.45, 7) is 9.18. The number of nitrogens with one attached hydrogen (secondary N) is 3. The van der Waals surface area contributed by atoms with Crippen LogP contribution in [0.25, 0.3) is 28.0 Å². The van der Waals surface area contributed by atoms with Crippen LogP contribution in [0.5, 0.6) is 0 Å². The number of benzene rings is 2. The number of aromatic amines is 1. The highest BCUT2D eigenvalue weighted by Crippen LogP contribution is 2.35. The Morgan fingerprint density at radius 1 is 0.889 bits per heavy atom. The van der Waals surface area contributed by atoms with Crippen LogP contribution in [-0.2, 0) is 24.1 Å². The molecule has 4 heterocycles. The van der Waals surface area contributed by atoms with Crippen LogP contribution in [0, 0.1) is 23.2 Å². The van der Waals surface area contributed by atoms with Gasteiger partial charge in [0.05, 0.1) is 37.0 Å². The second-order valence-electron chi connectivity index (χ2n) is 14.9. The van der Waals surface area contributed by atoms with E-state index in [1.165, 1.54) is 7.11 Å². The molecular weight excluding hydrogens is 686 g/mol. The van der Waals surface area contributed by atoms with Crippen molar-refractivity contribution in [3.63, 3.8) is 0 Å². The Hall–Kier alpha value is -5.30. The topological polar surface area (TPSA) is 162 Å². The SMILES string of the molecule is COC(=O)N[C@H](C(=O)N1CCC[C@H]1C1=NC=C(c2ccc(-c3ccc(-c4cnc([C@@H]5CCCN5C(=O)[C@@H](COOC=N)C(C)C)[nH]4)cc3)cc2)C1)C(C)C. The van der Waals surface area contributed by atoms with Crippen molar-refractivity contribution in [1.82, 2.24) is 25.1 Å². The molecule has 4 atom stereocenters. The van der Waals surface area contributed by atoms with E-state index in [0.717, 1.165) is 70.7 Å². The molecule has 2 saturated heterocycles. The quantitative estimate of drug-likeness (QED) is 0.0539. The van der Waals surface area contributed by atoms with Crippen LogP contribution < -0.4 is 5.32 Å². The lowest BCUT2D eigenvalue weighted by atomic mass is 9.95. The number of ether oxygens (including phenoxy) is 1. The predicted octanol–water partition coefficient (Wildman–Crippen LogP) is 6.79. The van der Waals surface area contributed by atoms with Crippen molar-refractivity contribution in [3.8, 4) is 22.4 Å². The maximum absolute atomic E-state index is 13.5. The third-order valence-electron chi connectivity index (χ3n) is 10.8. The zero-order valence-electron chi connectivity index (χ0n) is 31.7. The fraction of sp³-hybridized carbons (Fsp3) is 0.463. The molecule has 0 spiro atoms. The molecule has 2 fully saturated rings. The summed E-state index contributed by atoms with van der Waals surface area (Å²) in [6, 6.07) is 15.9. The predicted molar refractivity (Wildman–Crippen MR) is 206 cm³/mol. The minimum Gasteiger partial charge on any atom is -0.453 e. The second-order valence-corrected chi connectivity index (χ2v) is 14.9. The number of allylic oxidation sites excluding steroid dienone is 1. The fourth-order valence-electron chi connectivity index (χ4n) is 7.68. The van der Waals surface area contributed by atoms with Gasteiger partial charge in [-0.1, -0.05) is 76.2 Å². The number of aromatic nitrogens is 2. The summed E-state index contributed by atoms with van der Waals surface area (Å²) >= 11 is 0. The minimum atomic E-state index is -0.656. The van der Waals surface area contributed by atoms with Gasteiger partial charge in [-0.2, -0.15) is 4.89 Å². The van der Waals surface area contributed by atoms with E-state index in [2.05, 4.69) is 63.7 Å². The number of nitrogens with zero attached hydrogens (tertiary/aromatic N) is 4. The molecule has 1 aromatic heterocycles. The number of amides is 3. The number of carbonyl (C=O) groups excluding carboxylic acids is 3. The van der Waals surface area contributed by atoms with Crippen LogP contribution in [0.3, 0.4) is 0 Å². The Bertz CT molecular complexity index is 1870. The van der Waals surface area contributed by atoms with Crippen LogP contribution in [0.15, 0.2) is 65.9 Å². The van der Waals surface area contributed by atoms with Crippen molar-refractivity contribution >= 4 is 35.6 Å². The number of H-pyrrole nitrogens is 1. The average molecular weight is 738 g/mol. The van der Waals surface area contributed by atoms with Gasteiger partial charge in [-0.05, 0) is 65.3 Å². The molecule has 3 aromatic rings. The Kier molecular flexibility index (Phi) is 12.3. The standard InChI is InChI=1S/C41H51N7O6/c1-25(2)32(23-53-54-24-42)39(49)48-19-7-9-36(48)38-44-22-34(45-38)30-16-14-28(15-17-30)27-10-12-29(13-11-27)31-20-33(43-21-31)35-8-6-18-47(35)40(50)37(26(3)4)46-41(51)52-5/h10-17,21-22,24-26,32,35-37,42H,6-9,18-20,23H2,1-5H3,(H,44,45)(H,46,51)/t32-,35-,36-,37-/m0/s1. The van der Waals surface area contributed by atoms with Crippen molar-refractivity contribution in [2.24, 2.45) is 22.7 Å². The molecule has 6 rings (SSSR count). The number of hydrogen-bond donors (Lipinski definition) is 3. The highest BCUT2D eigenvalue weighted by atomic mass is 17.2. The maximum atomic E-state index is 13.5. The van der Waals surface area contributed by atoms with Crippen molar-refractivity contribution in [2.45, 2.75) is 77.9 Å². The monoisotopic (exact) mass is 737 g/mol. The van der Waals surface area contributed by atoms with Crippen molar-refractivity contribution in [3.05, 3.63) is 72.3 Å². The van der Waals surface area contributed by atoms with Gasteiger partial charge in [0.15, 0.2) is 0 Å². The smallest absolute Gasteiger partial charge is 0.407 e. The molecule has 3 aliphatic rings. The molecule has 2 aromatic carbocycles. The van der Waals surface area contributed by atoms with Gasteiger partial charge >= 0.3 is 6.09 Å². The van der Waals surface area contributed by atoms with Crippen LogP contribution in [0.2, 0.25) is 0 Å². The first-order valence-corrected chi connectivity index (χ1v) is 18.8. The largest absolute Gasteiger partial charge is 0.453 e. The number of alkyl carbamates (subject to hydrolysis) is 1. The second kappa shape index (κ2) is 17.2. The number of likely N-dealkylation sites (tertiary alicyclic amines) is 2. The fourth-order valence-corrected chi connectivity index (χ4v) is 7.68. The first-order valence-electron chi connectivity index (χ1n) is 18.8. The summed E-state index contributed by atoms with van der Waals surface area (Å²) < 4.78 is 4.76. The highest BCUT2D eigenvalue weighted by Gasteiger charge is 2.39. The van der Waals surface area contributed by atoms with Gasteiger partial charge in [0.2, 0.25) is 18.2 Å². The van der Waals surface area contributed by atoms with Crippen molar-refractivity contribution in [1.29, 1.82) is 5.41 Å². The summed E-state index contributed by atoms with van der Waals surface area (Å²) in [4.78, 5) is 65.4. The highest BCUT2D eigenvalue weighted by molar-refractivity contribution is 6.04. The third kappa shape index (κ3) is 8.41.